The third-order valence-corrected chi connectivity index (χ3v) is 2.91. The van der Waals surface area contributed by atoms with Crippen LogP contribution in [0.3, 0.4) is 0 Å². The van der Waals surface area contributed by atoms with Crippen molar-refractivity contribution in [2.45, 2.75) is 18.8 Å². The van der Waals surface area contributed by atoms with Gasteiger partial charge in [-0.25, -0.2) is 4.79 Å². The summed E-state index contributed by atoms with van der Waals surface area (Å²) in [7, 11) is 0. The van der Waals surface area contributed by atoms with Crippen molar-refractivity contribution in [3.8, 4) is 0 Å². The maximum Gasteiger partial charge on any atom is 0.394 e. The Morgan fingerprint density at radius 1 is 1.38 bits per heavy atom. The maximum absolute atomic E-state index is 11.2. The van der Waals surface area contributed by atoms with Gasteiger partial charge in [0.1, 0.15) is 5.76 Å². The second-order valence-corrected chi connectivity index (χ2v) is 3.89. The van der Waals surface area contributed by atoms with Gasteiger partial charge in [-0.15, -0.1) is 0 Å². The second kappa shape index (κ2) is 4.38. The number of hydrogen-bond acceptors (Lipinski definition) is 3. The van der Waals surface area contributed by atoms with Crippen LogP contribution in [0, 0.1) is 0 Å². The van der Waals surface area contributed by atoms with Crippen LogP contribution in [-0.4, -0.2) is 35.0 Å². The van der Waals surface area contributed by atoms with Gasteiger partial charge in [-0.05, 0) is 25.0 Å². The van der Waals surface area contributed by atoms with E-state index in [9.17, 15) is 9.59 Å². The van der Waals surface area contributed by atoms with Crippen molar-refractivity contribution in [1.82, 2.24) is 4.90 Å². The second-order valence-electron chi connectivity index (χ2n) is 3.89. The number of aliphatic carboxylic acids is 1. The molecule has 0 spiro atoms. The van der Waals surface area contributed by atoms with Gasteiger partial charge in [-0.2, -0.15) is 0 Å². The molecule has 86 valence electrons. The first-order valence-corrected chi connectivity index (χ1v) is 5.24. The molecule has 0 atom stereocenters. The van der Waals surface area contributed by atoms with Gasteiger partial charge in [0, 0.05) is 19.0 Å². The Kier molecular flexibility index (Phi) is 2.94. The Bertz CT molecular complexity index is 377. The highest BCUT2D eigenvalue weighted by Gasteiger charge is 2.28. The summed E-state index contributed by atoms with van der Waals surface area (Å²) in [4.78, 5) is 23.1. The van der Waals surface area contributed by atoms with Crippen molar-refractivity contribution in [3.05, 3.63) is 24.2 Å². The zero-order valence-corrected chi connectivity index (χ0v) is 8.76. The molecule has 1 N–H and O–H groups in total. The van der Waals surface area contributed by atoms with Crippen molar-refractivity contribution in [2.75, 3.05) is 13.1 Å². The topological polar surface area (TPSA) is 70.8 Å². The molecule has 0 unspecified atom stereocenters. The molecule has 2 rings (SSSR count). The molecular weight excluding hydrogens is 210 g/mol. The third kappa shape index (κ3) is 2.08. The largest absolute Gasteiger partial charge is 0.474 e. The molecule has 5 nitrogen and oxygen atoms in total. The molecule has 1 fully saturated rings. The monoisotopic (exact) mass is 223 g/mol. The van der Waals surface area contributed by atoms with Crippen molar-refractivity contribution in [3.63, 3.8) is 0 Å². The molecule has 2 heterocycles. The van der Waals surface area contributed by atoms with Crippen molar-refractivity contribution >= 4 is 11.9 Å². The number of nitrogens with zero attached hydrogens (tertiary/aromatic N) is 1. The smallest absolute Gasteiger partial charge is 0.394 e. The predicted octanol–water partition coefficient (Wildman–Crippen LogP) is 1.07. The van der Waals surface area contributed by atoms with E-state index in [2.05, 4.69) is 0 Å². The van der Waals surface area contributed by atoms with Gasteiger partial charge in [0.2, 0.25) is 0 Å². The van der Waals surface area contributed by atoms with Crippen LogP contribution < -0.4 is 0 Å². The molecule has 1 amide bonds. The van der Waals surface area contributed by atoms with E-state index in [0.717, 1.165) is 18.6 Å². The summed E-state index contributed by atoms with van der Waals surface area (Å²) in [5.41, 5.74) is 0. The van der Waals surface area contributed by atoms with Gasteiger partial charge in [-0.3, -0.25) is 4.79 Å². The number of carboxylic acid groups (broad SMARTS) is 1. The van der Waals surface area contributed by atoms with E-state index in [1.54, 1.807) is 6.26 Å². The van der Waals surface area contributed by atoms with Crippen molar-refractivity contribution < 1.29 is 19.1 Å². The van der Waals surface area contributed by atoms with Crippen molar-refractivity contribution in [1.29, 1.82) is 0 Å². The van der Waals surface area contributed by atoms with Crippen LogP contribution >= 0.6 is 0 Å². The minimum Gasteiger partial charge on any atom is -0.474 e. The van der Waals surface area contributed by atoms with E-state index in [4.69, 9.17) is 9.52 Å². The zero-order chi connectivity index (χ0) is 11.5. The molecule has 0 bridgehead atoms. The van der Waals surface area contributed by atoms with E-state index in [0.29, 0.717) is 19.0 Å². The van der Waals surface area contributed by atoms with Gasteiger partial charge >= 0.3 is 11.9 Å². The van der Waals surface area contributed by atoms with Crippen LogP contribution in [0.1, 0.15) is 24.5 Å². The Morgan fingerprint density at radius 2 is 2.06 bits per heavy atom. The molecule has 1 aromatic heterocycles. The molecule has 0 saturated carbocycles. The Balaban J connectivity index is 1.92. The third-order valence-electron chi connectivity index (χ3n) is 2.91. The normalized spacial score (nSPS) is 17.4. The number of rotatable bonds is 1. The summed E-state index contributed by atoms with van der Waals surface area (Å²) in [6.07, 6.45) is 3.14. The molecule has 1 saturated heterocycles. The fourth-order valence-corrected chi connectivity index (χ4v) is 2.03. The summed E-state index contributed by atoms with van der Waals surface area (Å²) in [6, 6.07) is 3.75. The van der Waals surface area contributed by atoms with E-state index in [1.807, 2.05) is 12.1 Å². The molecular formula is C11H13NO4. The molecule has 16 heavy (non-hydrogen) atoms. The first-order valence-electron chi connectivity index (χ1n) is 5.24. The lowest BCUT2D eigenvalue weighted by atomic mass is 9.94. The SMILES string of the molecule is O=C(O)C(=O)N1CCC(c2ccco2)CC1. The average molecular weight is 223 g/mol. The van der Waals surface area contributed by atoms with Crippen LogP contribution in [-0.2, 0) is 9.59 Å². The Hall–Kier alpha value is -1.78. The highest BCUT2D eigenvalue weighted by atomic mass is 16.4. The Labute approximate surface area is 92.7 Å². The molecule has 1 aliphatic rings. The number of carbonyl (C=O) groups is 2. The number of likely N-dealkylation sites (tertiary alicyclic amines) is 1. The molecule has 0 aromatic carbocycles. The lowest BCUT2D eigenvalue weighted by molar-refractivity contribution is -0.156. The predicted molar refractivity (Wildman–Crippen MR) is 54.9 cm³/mol. The summed E-state index contributed by atoms with van der Waals surface area (Å²) >= 11 is 0. The fourth-order valence-electron chi connectivity index (χ4n) is 2.03. The standard InChI is InChI=1S/C11H13NO4/c13-10(11(14)15)12-5-3-8(4-6-12)9-2-1-7-16-9/h1-2,7-8H,3-6H2,(H,14,15). The van der Waals surface area contributed by atoms with Gasteiger partial charge in [-0.1, -0.05) is 0 Å². The van der Waals surface area contributed by atoms with Crippen LogP contribution in [0.4, 0.5) is 0 Å². The molecule has 0 radical (unpaired) electrons. The number of carboxylic acids is 1. The lowest BCUT2D eigenvalue weighted by Gasteiger charge is -2.29. The number of furan rings is 1. The number of amides is 1. The minimum absolute atomic E-state index is 0.299. The van der Waals surface area contributed by atoms with E-state index in [1.165, 1.54) is 4.90 Å². The van der Waals surface area contributed by atoms with Crippen LogP contribution in [0.25, 0.3) is 0 Å². The van der Waals surface area contributed by atoms with Crippen LogP contribution in [0.15, 0.2) is 22.8 Å². The number of piperidine rings is 1. The first-order chi connectivity index (χ1) is 7.68. The first kappa shape index (κ1) is 10.7. The van der Waals surface area contributed by atoms with Crippen molar-refractivity contribution in [2.24, 2.45) is 0 Å². The van der Waals surface area contributed by atoms with E-state index < -0.39 is 11.9 Å². The molecule has 5 heteroatoms. The fraction of sp³-hybridized carbons (Fsp3) is 0.455. The van der Waals surface area contributed by atoms with E-state index in [-0.39, 0.29) is 0 Å². The maximum atomic E-state index is 11.2. The average Bonchev–Trinajstić information content (AvgIpc) is 2.81. The van der Waals surface area contributed by atoms with Crippen LogP contribution in [0.2, 0.25) is 0 Å². The number of hydrogen-bond donors (Lipinski definition) is 1. The quantitative estimate of drug-likeness (QED) is 0.723. The Morgan fingerprint density at radius 3 is 2.56 bits per heavy atom. The van der Waals surface area contributed by atoms with E-state index >= 15 is 0 Å². The molecule has 1 aliphatic heterocycles. The summed E-state index contributed by atoms with van der Waals surface area (Å²) in [6.45, 7) is 0.965. The number of carbonyl (C=O) groups excluding carboxylic acids is 1. The summed E-state index contributed by atoms with van der Waals surface area (Å²) in [5, 5.41) is 8.57. The van der Waals surface area contributed by atoms with Gasteiger partial charge < -0.3 is 14.4 Å². The highest BCUT2D eigenvalue weighted by molar-refractivity contribution is 6.31. The minimum atomic E-state index is -1.38. The highest BCUT2D eigenvalue weighted by Crippen LogP contribution is 2.28. The lowest BCUT2D eigenvalue weighted by Crippen LogP contribution is -2.41. The van der Waals surface area contributed by atoms with Gasteiger partial charge in [0.25, 0.3) is 0 Å². The van der Waals surface area contributed by atoms with Gasteiger partial charge in [0.15, 0.2) is 0 Å². The van der Waals surface area contributed by atoms with Gasteiger partial charge in [0.05, 0.1) is 6.26 Å². The summed E-state index contributed by atoms with van der Waals surface area (Å²) < 4.78 is 5.30. The zero-order valence-electron chi connectivity index (χ0n) is 8.76. The van der Waals surface area contributed by atoms with Crippen LogP contribution in [0.5, 0.6) is 0 Å². The summed E-state index contributed by atoms with van der Waals surface area (Å²) in [5.74, 6) is -0.968. The molecule has 1 aromatic rings. The molecule has 0 aliphatic carbocycles.